The Labute approximate surface area is 169 Å². The molecule has 27 heavy (non-hydrogen) atoms. The van der Waals surface area contributed by atoms with Gasteiger partial charge in [-0.25, -0.2) is 0 Å². The second-order valence-electron chi connectivity index (χ2n) is 7.98. The molecular weight excluding hydrogens is 362 g/mol. The number of carbonyl (C=O) groups is 2. The highest BCUT2D eigenvalue weighted by atomic mass is 35.5. The van der Waals surface area contributed by atoms with Crippen LogP contribution in [0.1, 0.15) is 67.7 Å². The Hall–Kier alpha value is -1.59. The fourth-order valence-electron chi connectivity index (χ4n) is 3.55. The SMILES string of the molecule is CCCN(CCC)C(=O)c1cccc(C(=O)N2CCC(N)C(C)(C)C2)c1.Cl. The van der Waals surface area contributed by atoms with Crippen molar-refractivity contribution in [2.75, 3.05) is 26.2 Å². The molecule has 1 aliphatic heterocycles. The van der Waals surface area contributed by atoms with Gasteiger partial charge in [-0.15, -0.1) is 12.4 Å². The molecule has 0 aliphatic carbocycles. The van der Waals surface area contributed by atoms with Crippen molar-refractivity contribution >= 4 is 24.2 Å². The molecule has 2 amide bonds. The molecule has 0 aromatic heterocycles. The molecule has 0 radical (unpaired) electrons. The largest absolute Gasteiger partial charge is 0.339 e. The van der Waals surface area contributed by atoms with Crippen LogP contribution in [0.4, 0.5) is 0 Å². The Bertz CT molecular complexity index is 642. The van der Waals surface area contributed by atoms with E-state index in [0.29, 0.717) is 24.2 Å². The van der Waals surface area contributed by atoms with E-state index in [9.17, 15) is 9.59 Å². The number of nitrogens with two attached hydrogens (primary N) is 1. The molecule has 5 nitrogen and oxygen atoms in total. The van der Waals surface area contributed by atoms with Gasteiger partial charge in [0.15, 0.2) is 0 Å². The summed E-state index contributed by atoms with van der Waals surface area (Å²) in [7, 11) is 0. The fraction of sp³-hybridized carbons (Fsp3) is 0.619. The van der Waals surface area contributed by atoms with E-state index >= 15 is 0 Å². The molecule has 152 valence electrons. The van der Waals surface area contributed by atoms with Crippen LogP contribution in [0.3, 0.4) is 0 Å². The predicted octanol–water partition coefficient (Wildman–Crippen LogP) is 3.57. The van der Waals surface area contributed by atoms with E-state index in [4.69, 9.17) is 5.73 Å². The van der Waals surface area contributed by atoms with E-state index in [1.165, 1.54) is 0 Å². The average Bonchev–Trinajstić information content (AvgIpc) is 2.62. The Kier molecular flexibility index (Phi) is 8.76. The minimum absolute atomic E-state index is 0. The molecular formula is C21H34ClN3O2. The molecule has 0 bridgehead atoms. The lowest BCUT2D eigenvalue weighted by molar-refractivity contribution is 0.0533. The monoisotopic (exact) mass is 395 g/mol. The van der Waals surface area contributed by atoms with E-state index in [1.54, 1.807) is 24.3 Å². The van der Waals surface area contributed by atoms with E-state index in [-0.39, 0.29) is 35.7 Å². The summed E-state index contributed by atoms with van der Waals surface area (Å²) in [6, 6.07) is 7.25. The van der Waals surface area contributed by atoms with Crippen molar-refractivity contribution in [2.24, 2.45) is 11.1 Å². The third-order valence-corrected chi connectivity index (χ3v) is 5.23. The summed E-state index contributed by atoms with van der Waals surface area (Å²) < 4.78 is 0. The summed E-state index contributed by atoms with van der Waals surface area (Å²) in [5, 5.41) is 0. The zero-order valence-corrected chi connectivity index (χ0v) is 17.8. The van der Waals surface area contributed by atoms with Crippen LogP contribution in [0.25, 0.3) is 0 Å². The topological polar surface area (TPSA) is 66.6 Å². The molecule has 0 spiro atoms. The highest BCUT2D eigenvalue weighted by Crippen LogP contribution is 2.28. The van der Waals surface area contributed by atoms with Gasteiger partial charge in [-0.3, -0.25) is 9.59 Å². The lowest BCUT2D eigenvalue weighted by Gasteiger charge is -2.42. The average molecular weight is 396 g/mol. The fourth-order valence-corrected chi connectivity index (χ4v) is 3.55. The number of hydrogen-bond donors (Lipinski definition) is 1. The van der Waals surface area contributed by atoms with Gasteiger partial charge in [0, 0.05) is 43.3 Å². The number of hydrogen-bond acceptors (Lipinski definition) is 3. The molecule has 1 unspecified atom stereocenters. The van der Waals surface area contributed by atoms with E-state index in [0.717, 1.165) is 32.4 Å². The summed E-state index contributed by atoms with van der Waals surface area (Å²) in [6.45, 7) is 11.1. The van der Waals surface area contributed by atoms with E-state index < -0.39 is 0 Å². The third kappa shape index (κ3) is 5.69. The summed E-state index contributed by atoms with van der Waals surface area (Å²) in [6.07, 6.45) is 2.65. The second-order valence-corrected chi connectivity index (χ2v) is 7.98. The number of carbonyl (C=O) groups excluding carboxylic acids is 2. The number of rotatable bonds is 6. The van der Waals surface area contributed by atoms with E-state index in [1.807, 2.05) is 9.80 Å². The first-order valence-electron chi connectivity index (χ1n) is 9.74. The lowest BCUT2D eigenvalue weighted by Crippen LogP contribution is -2.54. The van der Waals surface area contributed by atoms with Crippen molar-refractivity contribution in [3.63, 3.8) is 0 Å². The van der Waals surface area contributed by atoms with Crippen LogP contribution in [0.5, 0.6) is 0 Å². The molecule has 6 heteroatoms. The standard InChI is InChI=1S/C21H33N3O2.ClH/c1-5-11-23(12-6-2)19(25)16-8-7-9-17(14-16)20(26)24-13-10-18(22)21(3,4)15-24;/h7-9,14,18H,5-6,10-13,15,22H2,1-4H3;1H. The molecule has 1 aliphatic rings. The first kappa shape index (κ1) is 23.4. The Balaban J connectivity index is 0.00000364. The zero-order valence-electron chi connectivity index (χ0n) is 17.0. The third-order valence-electron chi connectivity index (χ3n) is 5.23. The van der Waals surface area contributed by atoms with Crippen molar-refractivity contribution in [3.8, 4) is 0 Å². The van der Waals surface area contributed by atoms with Gasteiger partial charge in [0.1, 0.15) is 0 Å². The van der Waals surface area contributed by atoms with Crippen LogP contribution >= 0.6 is 12.4 Å². The number of piperidine rings is 1. The van der Waals surface area contributed by atoms with Crippen LogP contribution in [0, 0.1) is 5.41 Å². The smallest absolute Gasteiger partial charge is 0.253 e. The molecule has 1 saturated heterocycles. The summed E-state index contributed by atoms with van der Waals surface area (Å²) in [5.41, 5.74) is 7.25. The van der Waals surface area contributed by atoms with Gasteiger partial charge in [-0.1, -0.05) is 33.8 Å². The number of amides is 2. The Morgan fingerprint density at radius 1 is 1.19 bits per heavy atom. The number of likely N-dealkylation sites (tertiary alicyclic amines) is 1. The predicted molar refractivity (Wildman–Crippen MR) is 112 cm³/mol. The van der Waals surface area contributed by atoms with Crippen molar-refractivity contribution in [1.82, 2.24) is 9.80 Å². The number of benzene rings is 1. The van der Waals surface area contributed by atoms with Crippen LogP contribution in [0.2, 0.25) is 0 Å². The van der Waals surface area contributed by atoms with Gasteiger partial charge >= 0.3 is 0 Å². The summed E-state index contributed by atoms with van der Waals surface area (Å²) in [4.78, 5) is 29.5. The summed E-state index contributed by atoms with van der Waals surface area (Å²) >= 11 is 0. The molecule has 1 aromatic carbocycles. The molecule has 1 fully saturated rings. The normalized spacial score (nSPS) is 18.6. The van der Waals surface area contributed by atoms with Crippen LogP contribution < -0.4 is 5.73 Å². The quantitative estimate of drug-likeness (QED) is 0.800. The van der Waals surface area contributed by atoms with Crippen LogP contribution in [0.15, 0.2) is 24.3 Å². The number of nitrogens with zero attached hydrogens (tertiary/aromatic N) is 2. The van der Waals surface area contributed by atoms with Crippen LogP contribution in [-0.4, -0.2) is 53.8 Å². The Morgan fingerprint density at radius 2 is 1.78 bits per heavy atom. The van der Waals surface area contributed by atoms with Crippen molar-refractivity contribution in [1.29, 1.82) is 0 Å². The van der Waals surface area contributed by atoms with Gasteiger partial charge in [-0.05, 0) is 42.9 Å². The van der Waals surface area contributed by atoms with Gasteiger partial charge in [-0.2, -0.15) is 0 Å². The second kappa shape index (κ2) is 10.1. The van der Waals surface area contributed by atoms with E-state index in [2.05, 4.69) is 27.7 Å². The van der Waals surface area contributed by atoms with Crippen molar-refractivity contribution < 1.29 is 9.59 Å². The van der Waals surface area contributed by atoms with Crippen molar-refractivity contribution in [3.05, 3.63) is 35.4 Å². The zero-order chi connectivity index (χ0) is 19.3. The molecule has 2 rings (SSSR count). The maximum Gasteiger partial charge on any atom is 0.253 e. The lowest BCUT2D eigenvalue weighted by atomic mass is 9.79. The van der Waals surface area contributed by atoms with Gasteiger partial charge < -0.3 is 15.5 Å². The minimum atomic E-state index is -0.0968. The highest BCUT2D eigenvalue weighted by molar-refractivity contribution is 5.99. The molecule has 1 heterocycles. The Morgan fingerprint density at radius 3 is 2.33 bits per heavy atom. The molecule has 0 saturated carbocycles. The molecule has 2 N–H and O–H groups in total. The summed E-state index contributed by atoms with van der Waals surface area (Å²) in [5.74, 6) is -0.0125. The first-order chi connectivity index (χ1) is 12.3. The minimum Gasteiger partial charge on any atom is -0.339 e. The highest BCUT2D eigenvalue weighted by Gasteiger charge is 2.35. The maximum absolute atomic E-state index is 13.0. The van der Waals surface area contributed by atoms with Crippen LogP contribution in [-0.2, 0) is 0 Å². The van der Waals surface area contributed by atoms with Gasteiger partial charge in [0.2, 0.25) is 0 Å². The number of halogens is 1. The first-order valence-corrected chi connectivity index (χ1v) is 9.74. The molecule has 1 atom stereocenters. The van der Waals surface area contributed by atoms with Gasteiger partial charge in [0.25, 0.3) is 11.8 Å². The van der Waals surface area contributed by atoms with Gasteiger partial charge in [0.05, 0.1) is 0 Å². The molecule has 1 aromatic rings. The maximum atomic E-state index is 13.0. The van der Waals surface area contributed by atoms with Crippen molar-refractivity contribution in [2.45, 2.75) is 53.0 Å².